The molecule has 28 heavy (non-hydrogen) atoms. The molecule has 0 spiro atoms. The Hall–Kier alpha value is -3.15. The predicted molar refractivity (Wildman–Crippen MR) is 105 cm³/mol. The van der Waals surface area contributed by atoms with Gasteiger partial charge in [0.05, 0.1) is 13.5 Å². The lowest BCUT2D eigenvalue weighted by Gasteiger charge is -2.14. The van der Waals surface area contributed by atoms with Crippen molar-refractivity contribution in [2.24, 2.45) is 0 Å². The maximum absolute atomic E-state index is 12.1. The van der Waals surface area contributed by atoms with Crippen LogP contribution in [0.25, 0.3) is 0 Å². The molecule has 6 heteroatoms. The lowest BCUT2D eigenvalue weighted by molar-refractivity contribution is -0.154. The molecule has 0 saturated carbocycles. The molecule has 148 valence electrons. The predicted octanol–water partition coefficient (Wildman–Crippen LogP) is 3.21. The number of nitrogens with one attached hydrogen (secondary N) is 1. The SMILES string of the molecule is COc1ccccc1CNC(=O)[C@@H](C)OC(=O)CCC(=O)c1ccc(C)cc1. The van der Waals surface area contributed by atoms with Crippen molar-refractivity contribution in [1.82, 2.24) is 5.32 Å². The molecule has 2 aromatic carbocycles. The van der Waals surface area contributed by atoms with Crippen LogP contribution >= 0.6 is 0 Å². The van der Waals surface area contributed by atoms with Crippen LogP contribution in [0.5, 0.6) is 5.75 Å². The molecule has 0 fully saturated rings. The number of hydrogen-bond donors (Lipinski definition) is 1. The van der Waals surface area contributed by atoms with Crippen molar-refractivity contribution >= 4 is 17.7 Å². The van der Waals surface area contributed by atoms with Gasteiger partial charge in [0.2, 0.25) is 0 Å². The van der Waals surface area contributed by atoms with E-state index in [4.69, 9.17) is 9.47 Å². The van der Waals surface area contributed by atoms with Crippen LogP contribution in [-0.4, -0.2) is 30.9 Å². The number of aryl methyl sites for hydroxylation is 1. The Balaban J connectivity index is 1.77. The Morgan fingerprint density at radius 3 is 2.36 bits per heavy atom. The Labute approximate surface area is 164 Å². The average molecular weight is 383 g/mol. The van der Waals surface area contributed by atoms with E-state index in [1.807, 2.05) is 37.3 Å². The molecule has 1 amide bonds. The van der Waals surface area contributed by atoms with Crippen molar-refractivity contribution in [1.29, 1.82) is 0 Å². The largest absolute Gasteiger partial charge is 0.496 e. The van der Waals surface area contributed by atoms with E-state index in [1.165, 1.54) is 6.92 Å². The summed E-state index contributed by atoms with van der Waals surface area (Å²) in [6.45, 7) is 3.69. The van der Waals surface area contributed by atoms with Gasteiger partial charge in [-0.3, -0.25) is 14.4 Å². The van der Waals surface area contributed by atoms with Gasteiger partial charge in [0.1, 0.15) is 5.75 Å². The number of amides is 1. The molecule has 0 radical (unpaired) electrons. The molecule has 0 heterocycles. The van der Waals surface area contributed by atoms with Crippen LogP contribution in [0.2, 0.25) is 0 Å². The van der Waals surface area contributed by atoms with Gasteiger partial charge in [-0.05, 0) is 19.9 Å². The minimum absolute atomic E-state index is 0.0391. The number of ketones is 1. The maximum Gasteiger partial charge on any atom is 0.307 e. The zero-order valence-corrected chi connectivity index (χ0v) is 16.4. The van der Waals surface area contributed by atoms with Crippen molar-refractivity contribution in [3.63, 3.8) is 0 Å². The van der Waals surface area contributed by atoms with Crippen LogP contribution in [0.1, 0.15) is 41.3 Å². The summed E-state index contributed by atoms with van der Waals surface area (Å²) in [5.41, 5.74) is 2.44. The number of ether oxygens (including phenoxy) is 2. The van der Waals surface area contributed by atoms with Crippen molar-refractivity contribution in [3.05, 3.63) is 65.2 Å². The third-order valence-corrected chi connectivity index (χ3v) is 4.25. The fourth-order valence-electron chi connectivity index (χ4n) is 2.58. The molecule has 0 unspecified atom stereocenters. The number of methoxy groups -OCH3 is 1. The van der Waals surface area contributed by atoms with Crippen LogP contribution in [0.15, 0.2) is 48.5 Å². The summed E-state index contributed by atoms with van der Waals surface area (Å²) in [5.74, 6) is -0.461. The summed E-state index contributed by atoms with van der Waals surface area (Å²) in [4.78, 5) is 36.2. The Morgan fingerprint density at radius 2 is 1.68 bits per heavy atom. The molecule has 2 rings (SSSR count). The van der Waals surface area contributed by atoms with E-state index in [2.05, 4.69) is 5.32 Å². The van der Waals surface area contributed by atoms with Gasteiger partial charge in [0, 0.05) is 24.1 Å². The number of hydrogen-bond acceptors (Lipinski definition) is 5. The fraction of sp³-hybridized carbons (Fsp3) is 0.318. The molecule has 1 atom stereocenters. The molecule has 0 aliphatic rings. The second-order valence-electron chi connectivity index (χ2n) is 6.45. The van der Waals surface area contributed by atoms with E-state index < -0.39 is 18.0 Å². The monoisotopic (exact) mass is 383 g/mol. The number of carbonyl (C=O) groups is 3. The topological polar surface area (TPSA) is 81.7 Å². The zero-order chi connectivity index (χ0) is 20.5. The Morgan fingerprint density at radius 1 is 1.00 bits per heavy atom. The summed E-state index contributed by atoms with van der Waals surface area (Å²) in [5, 5.41) is 2.71. The lowest BCUT2D eigenvalue weighted by Crippen LogP contribution is -2.35. The zero-order valence-electron chi connectivity index (χ0n) is 16.4. The number of Topliss-reactive ketones (excluding diaryl/α,β-unsaturated/α-hetero) is 1. The summed E-state index contributed by atoms with van der Waals surface area (Å²) in [7, 11) is 1.56. The molecule has 2 aromatic rings. The van der Waals surface area contributed by atoms with Gasteiger partial charge in [-0.1, -0.05) is 48.0 Å². The van der Waals surface area contributed by atoms with Crippen LogP contribution in [0.3, 0.4) is 0 Å². The first-order valence-electron chi connectivity index (χ1n) is 9.09. The summed E-state index contributed by atoms with van der Waals surface area (Å²) < 4.78 is 10.4. The molecule has 0 aliphatic carbocycles. The van der Waals surface area contributed by atoms with Crippen molar-refractivity contribution < 1.29 is 23.9 Å². The minimum Gasteiger partial charge on any atom is -0.496 e. The van der Waals surface area contributed by atoms with Gasteiger partial charge in [0.25, 0.3) is 5.91 Å². The van der Waals surface area contributed by atoms with Gasteiger partial charge in [-0.25, -0.2) is 0 Å². The van der Waals surface area contributed by atoms with Gasteiger partial charge < -0.3 is 14.8 Å². The maximum atomic E-state index is 12.1. The van der Waals surface area contributed by atoms with Gasteiger partial charge in [-0.2, -0.15) is 0 Å². The van der Waals surface area contributed by atoms with E-state index in [1.54, 1.807) is 25.3 Å². The first kappa shape index (κ1) is 21.2. The second kappa shape index (κ2) is 10.3. The van der Waals surface area contributed by atoms with Crippen molar-refractivity contribution in [2.75, 3.05) is 7.11 Å². The first-order chi connectivity index (χ1) is 13.4. The molecule has 6 nitrogen and oxygen atoms in total. The third-order valence-electron chi connectivity index (χ3n) is 4.25. The molecule has 0 aromatic heterocycles. The van der Waals surface area contributed by atoms with Gasteiger partial charge >= 0.3 is 5.97 Å². The summed E-state index contributed by atoms with van der Waals surface area (Å²) in [6.07, 6.45) is -0.981. The van der Waals surface area contributed by atoms with E-state index >= 15 is 0 Å². The summed E-state index contributed by atoms with van der Waals surface area (Å²) >= 11 is 0. The molecular weight excluding hydrogens is 358 g/mol. The summed E-state index contributed by atoms with van der Waals surface area (Å²) in [6, 6.07) is 14.5. The molecule has 0 aliphatic heterocycles. The highest BCUT2D eigenvalue weighted by atomic mass is 16.5. The molecule has 1 N–H and O–H groups in total. The molecule has 0 saturated heterocycles. The molecule has 0 bridgehead atoms. The van der Waals surface area contributed by atoms with E-state index in [-0.39, 0.29) is 25.2 Å². The van der Waals surface area contributed by atoms with E-state index in [0.717, 1.165) is 11.1 Å². The van der Waals surface area contributed by atoms with Gasteiger partial charge in [-0.15, -0.1) is 0 Å². The fourth-order valence-corrected chi connectivity index (χ4v) is 2.58. The highest BCUT2D eigenvalue weighted by Gasteiger charge is 2.19. The smallest absolute Gasteiger partial charge is 0.307 e. The third kappa shape index (κ3) is 6.23. The van der Waals surface area contributed by atoms with E-state index in [0.29, 0.717) is 11.3 Å². The van der Waals surface area contributed by atoms with E-state index in [9.17, 15) is 14.4 Å². The first-order valence-corrected chi connectivity index (χ1v) is 9.09. The van der Waals surface area contributed by atoms with Crippen LogP contribution < -0.4 is 10.1 Å². The van der Waals surface area contributed by atoms with Crippen molar-refractivity contribution in [3.8, 4) is 5.75 Å². The van der Waals surface area contributed by atoms with Crippen LogP contribution in [0.4, 0.5) is 0 Å². The highest BCUT2D eigenvalue weighted by molar-refractivity contribution is 5.97. The Bertz CT molecular complexity index is 829. The standard InChI is InChI=1S/C22H25NO5/c1-15-8-10-17(11-9-15)19(24)12-13-21(25)28-16(2)22(26)23-14-18-6-4-5-7-20(18)27-3/h4-11,16H,12-14H2,1-3H3,(H,23,26)/t16-/m1/s1. The average Bonchev–Trinajstić information content (AvgIpc) is 2.70. The van der Waals surface area contributed by atoms with Crippen molar-refractivity contribution in [2.45, 2.75) is 39.3 Å². The number of benzene rings is 2. The minimum atomic E-state index is -0.948. The molecular formula is C22H25NO5. The number of carbonyl (C=O) groups excluding carboxylic acids is 3. The number of rotatable bonds is 9. The number of esters is 1. The van der Waals surface area contributed by atoms with Crippen LogP contribution in [-0.2, 0) is 20.9 Å². The van der Waals surface area contributed by atoms with Crippen LogP contribution in [0, 0.1) is 6.92 Å². The second-order valence-corrected chi connectivity index (χ2v) is 6.45. The normalized spacial score (nSPS) is 11.4. The van der Waals surface area contributed by atoms with Gasteiger partial charge in [0.15, 0.2) is 11.9 Å². The Kier molecular flexibility index (Phi) is 7.75. The lowest BCUT2D eigenvalue weighted by atomic mass is 10.1. The quantitative estimate of drug-likeness (QED) is 0.531. The number of para-hydroxylation sites is 1. The highest BCUT2D eigenvalue weighted by Crippen LogP contribution is 2.16.